The lowest BCUT2D eigenvalue weighted by Crippen LogP contribution is -2.32. The van der Waals surface area contributed by atoms with Crippen molar-refractivity contribution in [2.24, 2.45) is 9.98 Å². The SMILES string of the molecule is CC[C@H]1CN2C=Nc3oc(C)c(C(=O)NCc4ccccn4)c3C2=N1. The number of hydrogen-bond donors (Lipinski definition) is 1. The van der Waals surface area contributed by atoms with E-state index >= 15 is 0 Å². The quantitative estimate of drug-likeness (QED) is 0.929. The Morgan fingerprint density at radius 2 is 2.32 bits per heavy atom. The standard InChI is InChI=1S/C18H19N5O2/c1-3-12-9-23-10-21-18-15(16(23)22-12)14(11(2)25-18)17(24)20-8-13-6-4-5-7-19-13/h4-7,10,12H,3,8-9H2,1-2H3,(H,20,24)/t12-/m0/s1. The molecule has 0 unspecified atom stereocenters. The highest BCUT2D eigenvalue weighted by Crippen LogP contribution is 2.35. The third-order valence-corrected chi connectivity index (χ3v) is 4.44. The Labute approximate surface area is 145 Å². The summed E-state index contributed by atoms with van der Waals surface area (Å²) in [5.41, 5.74) is 1.99. The number of nitrogens with zero attached hydrogens (tertiary/aromatic N) is 4. The molecule has 4 rings (SSSR count). The molecule has 2 aliphatic heterocycles. The fraction of sp³-hybridized carbons (Fsp3) is 0.333. The van der Waals surface area contributed by atoms with Crippen LogP contribution < -0.4 is 5.32 Å². The van der Waals surface area contributed by atoms with E-state index in [1.165, 1.54) is 0 Å². The van der Waals surface area contributed by atoms with E-state index in [1.807, 2.05) is 23.1 Å². The molecule has 0 aromatic carbocycles. The van der Waals surface area contributed by atoms with Crippen molar-refractivity contribution in [3.8, 4) is 0 Å². The van der Waals surface area contributed by atoms with Crippen LogP contribution in [0.2, 0.25) is 0 Å². The number of carbonyl (C=O) groups excluding carboxylic acids is 1. The van der Waals surface area contributed by atoms with Crippen molar-refractivity contribution in [1.82, 2.24) is 15.2 Å². The maximum atomic E-state index is 12.8. The Hall–Kier alpha value is -2.96. The molecule has 7 heteroatoms. The molecule has 2 aromatic rings. The van der Waals surface area contributed by atoms with Gasteiger partial charge in [0.2, 0.25) is 5.88 Å². The Morgan fingerprint density at radius 3 is 3.08 bits per heavy atom. The number of aryl methyl sites for hydroxylation is 1. The van der Waals surface area contributed by atoms with Gasteiger partial charge in [-0.2, -0.15) is 0 Å². The van der Waals surface area contributed by atoms with Crippen molar-refractivity contribution >= 4 is 24.0 Å². The highest BCUT2D eigenvalue weighted by molar-refractivity contribution is 6.17. The number of amides is 1. The van der Waals surface area contributed by atoms with E-state index in [1.54, 1.807) is 19.5 Å². The average molecular weight is 337 g/mol. The normalized spacial score (nSPS) is 17.9. The molecular formula is C18H19N5O2. The fourth-order valence-corrected chi connectivity index (χ4v) is 3.12. The first-order chi connectivity index (χ1) is 12.2. The largest absolute Gasteiger partial charge is 0.442 e. The van der Waals surface area contributed by atoms with Crippen LogP contribution in [0.4, 0.5) is 5.88 Å². The van der Waals surface area contributed by atoms with E-state index in [0.29, 0.717) is 29.3 Å². The molecule has 1 N–H and O–H groups in total. The monoisotopic (exact) mass is 337 g/mol. The zero-order chi connectivity index (χ0) is 17.4. The Balaban J connectivity index is 1.64. The molecule has 0 aliphatic carbocycles. The summed E-state index contributed by atoms with van der Waals surface area (Å²) in [5, 5.41) is 2.91. The smallest absolute Gasteiger partial charge is 0.255 e. The van der Waals surface area contributed by atoms with Crippen molar-refractivity contribution in [2.45, 2.75) is 32.9 Å². The first-order valence-corrected chi connectivity index (χ1v) is 8.38. The number of aliphatic imine (C=N–C) groups is 2. The number of pyridine rings is 1. The number of rotatable bonds is 4. The van der Waals surface area contributed by atoms with E-state index in [2.05, 4.69) is 22.2 Å². The van der Waals surface area contributed by atoms with Crippen LogP contribution in [-0.4, -0.2) is 40.6 Å². The van der Waals surface area contributed by atoms with Crippen LogP contribution in [0.15, 0.2) is 38.8 Å². The minimum atomic E-state index is -0.201. The van der Waals surface area contributed by atoms with Crippen LogP contribution in [0.3, 0.4) is 0 Å². The number of amidine groups is 1. The third kappa shape index (κ3) is 2.71. The van der Waals surface area contributed by atoms with Crippen molar-refractivity contribution in [3.05, 3.63) is 47.0 Å². The lowest BCUT2D eigenvalue weighted by Gasteiger charge is -2.18. The number of hydrogen-bond acceptors (Lipinski definition) is 6. The van der Waals surface area contributed by atoms with Crippen LogP contribution in [0.1, 0.15) is 40.7 Å². The number of aromatic nitrogens is 1. The first kappa shape index (κ1) is 15.6. The van der Waals surface area contributed by atoms with E-state index in [9.17, 15) is 4.79 Å². The number of fused-ring (bicyclic) bond motifs is 3. The Bertz CT molecular complexity index is 869. The first-order valence-electron chi connectivity index (χ1n) is 8.38. The Kier molecular flexibility index (Phi) is 3.83. The van der Waals surface area contributed by atoms with Gasteiger partial charge in [-0.3, -0.25) is 14.8 Å². The van der Waals surface area contributed by atoms with Gasteiger partial charge < -0.3 is 14.6 Å². The van der Waals surface area contributed by atoms with E-state index in [-0.39, 0.29) is 11.9 Å². The molecule has 1 atom stereocenters. The van der Waals surface area contributed by atoms with Crippen LogP contribution in [0, 0.1) is 6.92 Å². The second-order valence-electron chi connectivity index (χ2n) is 6.13. The molecule has 0 saturated heterocycles. The van der Waals surface area contributed by atoms with Crippen molar-refractivity contribution < 1.29 is 9.21 Å². The molecule has 7 nitrogen and oxygen atoms in total. The molecule has 2 aromatic heterocycles. The van der Waals surface area contributed by atoms with Crippen LogP contribution in [0.25, 0.3) is 0 Å². The maximum Gasteiger partial charge on any atom is 0.255 e. The molecule has 0 saturated carbocycles. The van der Waals surface area contributed by atoms with Gasteiger partial charge in [0.1, 0.15) is 17.9 Å². The predicted octanol–water partition coefficient (Wildman–Crippen LogP) is 2.43. The van der Waals surface area contributed by atoms with Gasteiger partial charge in [0.05, 0.1) is 29.4 Å². The van der Waals surface area contributed by atoms with Crippen LogP contribution in [0.5, 0.6) is 0 Å². The van der Waals surface area contributed by atoms with Crippen LogP contribution >= 0.6 is 0 Å². The van der Waals surface area contributed by atoms with Crippen molar-refractivity contribution in [1.29, 1.82) is 0 Å². The summed E-state index contributed by atoms with van der Waals surface area (Å²) in [6.45, 7) is 5.02. The summed E-state index contributed by atoms with van der Waals surface area (Å²) in [6.07, 6.45) is 4.38. The zero-order valence-electron chi connectivity index (χ0n) is 14.2. The summed E-state index contributed by atoms with van der Waals surface area (Å²) in [6, 6.07) is 5.82. The molecule has 1 amide bonds. The van der Waals surface area contributed by atoms with E-state index < -0.39 is 0 Å². The minimum Gasteiger partial charge on any atom is -0.442 e. The van der Waals surface area contributed by atoms with E-state index in [4.69, 9.17) is 9.41 Å². The third-order valence-electron chi connectivity index (χ3n) is 4.44. The molecule has 0 spiro atoms. The molecule has 0 radical (unpaired) electrons. The summed E-state index contributed by atoms with van der Waals surface area (Å²) in [5.74, 6) is 1.57. The van der Waals surface area contributed by atoms with Gasteiger partial charge in [0.25, 0.3) is 5.91 Å². The van der Waals surface area contributed by atoms with Gasteiger partial charge in [-0.05, 0) is 25.5 Å². The lowest BCUT2D eigenvalue weighted by molar-refractivity contribution is 0.0948. The zero-order valence-corrected chi connectivity index (χ0v) is 14.2. The van der Waals surface area contributed by atoms with E-state index in [0.717, 1.165) is 24.5 Å². The summed E-state index contributed by atoms with van der Waals surface area (Å²) in [4.78, 5) is 28.1. The molecule has 0 fully saturated rings. The fourth-order valence-electron chi connectivity index (χ4n) is 3.12. The van der Waals surface area contributed by atoms with Crippen molar-refractivity contribution in [3.63, 3.8) is 0 Å². The predicted molar refractivity (Wildman–Crippen MR) is 94.3 cm³/mol. The molecule has 4 heterocycles. The second-order valence-corrected chi connectivity index (χ2v) is 6.13. The van der Waals surface area contributed by atoms with Gasteiger partial charge in [0, 0.05) is 12.7 Å². The van der Waals surface area contributed by atoms with Crippen molar-refractivity contribution in [2.75, 3.05) is 6.54 Å². The Morgan fingerprint density at radius 1 is 1.44 bits per heavy atom. The molecular weight excluding hydrogens is 318 g/mol. The molecule has 25 heavy (non-hydrogen) atoms. The van der Waals surface area contributed by atoms with Crippen LogP contribution in [-0.2, 0) is 6.54 Å². The minimum absolute atomic E-state index is 0.201. The molecule has 2 aliphatic rings. The lowest BCUT2D eigenvalue weighted by atomic mass is 10.1. The van der Waals surface area contributed by atoms with Gasteiger partial charge in [-0.1, -0.05) is 13.0 Å². The maximum absolute atomic E-state index is 12.8. The second kappa shape index (κ2) is 6.16. The van der Waals surface area contributed by atoms with Gasteiger partial charge in [0.15, 0.2) is 0 Å². The highest BCUT2D eigenvalue weighted by atomic mass is 16.4. The molecule has 128 valence electrons. The summed E-state index contributed by atoms with van der Waals surface area (Å²) < 4.78 is 5.71. The average Bonchev–Trinajstić information content (AvgIpc) is 3.20. The summed E-state index contributed by atoms with van der Waals surface area (Å²) in [7, 11) is 0. The molecule has 0 bridgehead atoms. The van der Waals surface area contributed by atoms with Gasteiger partial charge in [-0.15, -0.1) is 0 Å². The number of furan rings is 1. The number of nitrogens with one attached hydrogen (secondary N) is 1. The topological polar surface area (TPSA) is 83.1 Å². The number of carbonyl (C=O) groups is 1. The summed E-state index contributed by atoms with van der Waals surface area (Å²) >= 11 is 0. The highest BCUT2D eigenvalue weighted by Gasteiger charge is 2.35. The van der Waals surface area contributed by atoms with Gasteiger partial charge >= 0.3 is 0 Å². The van der Waals surface area contributed by atoms with Gasteiger partial charge in [-0.25, -0.2) is 4.99 Å².